The van der Waals surface area contributed by atoms with Crippen LogP contribution >= 0.6 is 0 Å². The molecule has 1 aromatic carbocycles. The van der Waals surface area contributed by atoms with Gasteiger partial charge in [0.15, 0.2) is 0 Å². The van der Waals surface area contributed by atoms with Gasteiger partial charge < -0.3 is 18.9 Å². The molecule has 1 aromatic rings. The van der Waals surface area contributed by atoms with Crippen molar-refractivity contribution in [3.05, 3.63) is 24.3 Å². The Morgan fingerprint density at radius 3 is 2.07 bits per heavy atom. The summed E-state index contributed by atoms with van der Waals surface area (Å²) in [5.74, 6) is 0.327. The van der Waals surface area contributed by atoms with Crippen LogP contribution in [0.15, 0.2) is 24.3 Å². The third-order valence-electron chi connectivity index (χ3n) is 6.27. The highest BCUT2D eigenvalue weighted by Gasteiger charge is 2.51. The van der Waals surface area contributed by atoms with Crippen molar-refractivity contribution in [2.24, 2.45) is 5.92 Å². The summed E-state index contributed by atoms with van der Waals surface area (Å²) < 4.78 is 17.7. The van der Waals surface area contributed by atoms with Gasteiger partial charge in [0.05, 0.1) is 11.2 Å². The highest BCUT2D eigenvalue weighted by molar-refractivity contribution is 6.62. The molecule has 29 heavy (non-hydrogen) atoms. The van der Waals surface area contributed by atoms with E-state index in [-0.39, 0.29) is 24.3 Å². The number of hydrogen-bond donors (Lipinski definition) is 0. The second-order valence-corrected chi connectivity index (χ2v) is 10.4. The molecule has 2 saturated heterocycles. The largest absolute Gasteiger partial charge is 0.494 e. The first-order valence-electron chi connectivity index (χ1n) is 10.8. The van der Waals surface area contributed by atoms with Gasteiger partial charge in [-0.2, -0.15) is 0 Å². The molecule has 2 fully saturated rings. The molecule has 0 aliphatic carbocycles. The first kappa shape index (κ1) is 22.2. The summed E-state index contributed by atoms with van der Waals surface area (Å²) in [6, 6.07) is 8.50. The van der Waals surface area contributed by atoms with Gasteiger partial charge in [0.2, 0.25) is 0 Å². The van der Waals surface area contributed by atoms with Crippen molar-refractivity contribution < 1.29 is 18.8 Å². The monoisotopic (exact) mass is 401 g/mol. The number of ether oxygens (including phenoxy) is 1. The number of nitrogens with zero attached hydrogens (tertiary/aromatic N) is 1. The number of piperidine rings is 1. The first-order valence-corrected chi connectivity index (χ1v) is 10.8. The van der Waals surface area contributed by atoms with Crippen molar-refractivity contribution in [2.75, 3.05) is 18.0 Å². The van der Waals surface area contributed by atoms with E-state index in [4.69, 9.17) is 14.0 Å². The third-order valence-corrected chi connectivity index (χ3v) is 6.27. The van der Waals surface area contributed by atoms with Crippen molar-refractivity contribution >= 4 is 24.2 Å². The topological polar surface area (TPSA) is 48.0 Å². The Morgan fingerprint density at radius 2 is 1.59 bits per heavy atom. The van der Waals surface area contributed by atoms with Crippen LogP contribution in [0.1, 0.15) is 67.7 Å². The number of benzene rings is 1. The van der Waals surface area contributed by atoms with E-state index in [1.807, 2.05) is 20.8 Å². The van der Waals surface area contributed by atoms with Crippen molar-refractivity contribution in [3.8, 4) is 0 Å². The molecule has 160 valence electrons. The number of carbonyl (C=O) groups is 1. The zero-order valence-electron chi connectivity index (χ0n) is 19.1. The van der Waals surface area contributed by atoms with Crippen LogP contribution in [-0.2, 0) is 18.8 Å². The highest BCUT2D eigenvalue weighted by Crippen LogP contribution is 2.36. The molecule has 0 spiro atoms. The summed E-state index contributed by atoms with van der Waals surface area (Å²) in [5.41, 5.74) is 1.20. The molecule has 2 aliphatic heterocycles. The Hall–Kier alpha value is -1.53. The number of esters is 1. The van der Waals surface area contributed by atoms with Gasteiger partial charge in [-0.05, 0) is 84.8 Å². The molecule has 0 aromatic heterocycles. The number of rotatable bonds is 4. The molecule has 0 unspecified atom stereocenters. The SMILES string of the molecule is CC(C)(C)OC(=O)CC1CCN(c2ccc(B3OC(C)(C)C(C)(C)O3)cc2)CC1. The fraction of sp³-hybridized carbons (Fsp3) is 0.696. The van der Waals surface area contributed by atoms with Crippen LogP contribution < -0.4 is 10.4 Å². The molecular formula is C23H36BNO4. The number of anilines is 1. The van der Waals surface area contributed by atoms with Gasteiger partial charge in [-0.25, -0.2) is 0 Å². The van der Waals surface area contributed by atoms with Crippen molar-refractivity contribution in [3.63, 3.8) is 0 Å². The average Bonchev–Trinajstić information content (AvgIpc) is 2.82. The lowest BCUT2D eigenvalue weighted by molar-refractivity contribution is -0.156. The number of carbonyl (C=O) groups excluding carboxylic acids is 1. The molecule has 0 amide bonds. The zero-order valence-corrected chi connectivity index (χ0v) is 19.1. The van der Waals surface area contributed by atoms with Gasteiger partial charge in [-0.15, -0.1) is 0 Å². The van der Waals surface area contributed by atoms with Crippen molar-refractivity contribution in [2.45, 2.75) is 84.5 Å². The van der Waals surface area contributed by atoms with E-state index in [0.717, 1.165) is 31.4 Å². The van der Waals surface area contributed by atoms with Crippen LogP contribution in [-0.4, -0.2) is 43.0 Å². The Bertz CT molecular complexity index is 699. The smallest absolute Gasteiger partial charge is 0.460 e. The standard InChI is InChI=1S/C23H36BNO4/c1-21(2,3)27-20(26)16-17-12-14-25(15-13-17)19-10-8-18(9-11-19)24-28-22(4,5)23(6,7)29-24/h8-11,17H,12-16H2,1-7H3. The predicted molar refractivity (Wildman–Crippen MR) is 118 cm³/mol. The minimum Gasteiger partial charge on any atom is -0.460 e. The molecule has 2 heterocycles. The Balaban J connectivity index is 1.53. The fourth-order valence-electron chi connectivity index (χ4n) is 3.84. The molecule has 0 radical (unpaired) electrons. The number of hydrogen-bond acceptors (Lipinski definition) is 5. The van der Waals surface area contributed by atoms with Gasteiger partial charge in [-0.3, -0.25) is 4.79 Å². The van der Waals surface area contributed by atoms with Gasteiger partial charge in [0.25, 0.3) is 0 Å². The second kappa shape index (κ2) is 7.95. The zero-order chi connectivity index (χ0) is 21.4. The maximum Gasteiger partial charge on any atom is 0.494 e. The molecular weight excluding hydrogens is 365 g/mol. The lowest BCUT2D eigenvalue weighted by Crippen LogP contribution is -2.41. The van der Waals surface area contributed by atoms with E-state index in [1.165, 1.54) is 5.69 Å². The Labute approximate surface area is 176 Å². The van der Waals surface area contributed by atoms with Crippen molar-refractivity contribution in [1.29, 1.82) is 0 Å². The van der Waals surface area contributed by atoms with Gasteiger partial charge in [0, 0.05) is 25.2 Å². The normalized spacial score (nSPS) is 22.0. The highest BCUT2D eigenvalue weighted by atomic mass is 16.7. The van der Waals surface area contributed by atoms with E-state index in [1.54, 1.807) is 0 Å². The van der Waals surface area contributed by atoms with Gasteiger partial charge in [-0.1, -0.05) is 12.1 Å². The molecule has 6 heteroatoms. The van der Waals surface area contributed by atoms with Crippen LogP contribution in [0.25, 0.3) is 0 Å². The predicted octanol–water partition coefficient (Wildman–Crippen LogP) is 3.93. The van der Waals surface area contributed by atoms with Crippen LogP contribution in [0.5, 0.6) is 0 Å². The lowest BCUT2D eigenvalue weighted by atomic mass is 9.79. The molecule has 5 nitrogen and oxygen atoms in total. The Kier molecular flexibility index (Phi) is 6.08. The van der Waals surface area contributed by atoms with Crippen LogP contribution in [0.2, 0.25) is 0 Å². The summed E-state index contributed by atoms with van der Waals surface area (Å²) in [6.45, 7) is 16.0. The summed E-state index contributed by atoms with van der Waals surface area (Å²) in [4.78, 5) is 14.5. The maximum absolute atomic E-state index is 12.1. The third kappa shape index (κ3) is 5.34. The maximum atomic E-state index is 12.1. The van der Waals surface area contributed by atoms with Crippen molar-refractivity contribution in [1.82, 2.24) is 0 Å². The molecule has 0 saturated carbocycles. The fourth-order valence-corrected chi connectivity index (χ4v) is 3.84. The average molecular weight is 401 g/mol. The summed E-state index contributed by atoms with van der Waals surface area (Å²) >= 11 is 0. The summed E-state index contributed by atoms with van der Waals surface area (Å²) in [7, 11) is -0.325. The second-order valence-electron chi connectivity index (χ2n) is 10.4. The summed E-state index contributed by atoms with van der Waals surface area (Å²) in [5, 5.41) is 0. The first-order chi connectivity index (χ1) is 13.4. The summed E-state index contributed by atoms with van der Waals surface area (Å²) in [6.07, 6.45) is 2.54. The molecule has 0 N–H and O–H groups in total. The van der Waals surface area contributed by atoms with Gasteiger partial charge >= 0.3 is 13.1 Å². The molecule has 0 bridgehead atoms. The van der Waals surface area contributed by atoms with E-state index >= 15 is 0 Å². The molecule has 3 rings (SSSR count). The van der Waals surface area contributed by atoms with E-state index in [2.05, 4.69) is 56.9 Å². The van der Waals surface area contributed by atoms with E-state index in [0.29, 0.717) is 12.3 Å². The Morgan fingerprint density at radius 1 is 1.07 bits per heavy atom. The van der Waals surface area contributed by atoms with Crippen LogP contribution in [0.3, 0.4) is 0 Å². The minimum absolute atomic E-state index is 0.0808. The van der Waals surface area contributed by atoms with Gasteiger partial charge in [0.1, 0.15) is 5.60 Å². The molecule has 2 aliphatic rings. The van der Waals surface area contributed by atoms with E-state index < -0.39 is 5.60 Å². The van der Waals surface area contributed by atoms with Crippen LogP contribution in [0, 0.1) is 5.92 Å². The van der Waals surface area contributed by atoms with E-state index in [9.17, 15) is 4.79 Å². The molecule has 0 atom stereocenters. The lowest BCUT2D eigenvalue weighted by Gasteiger charge is -2.33. The quantitative estimate of drug-likeness (QED) is 0.565. The van der Waals surface area contributed by atoms with Crippen LogP contribution in [0.4, 0.5) is 5.69 Å². The minimum atomic E-state index is -0.406.